The lowest BCUT2D eigenvalue weighted by molar-refractivity contribution is -0.118. The maximum absolute atomic E-state index is 12.4. The van der Waals surface area contributed by atoms with Gasteiger partial charge in [0.2, 0.25) is 0 Å². The molecule has 1 heterocycles. The Morgan fingerprint density at radius 3 is 2.43 bits per heavy atom. The Hall–Kier alpha value is -2.91. The van der Waals surface area contributed by atoms with Crippen LogP contribution in [0.25, 0.3) is 0 Å². The predicted octanol–water partition coefficient (Wildman–Crippen LogP) is 4.26. The van der Waals surface area contributed by atoms with Crippen LogP contribution in [0, 0.1) is 0 Å². The van der Waals surface area contributed by atoms with Crippen molar-refractivity contribution in [1.29, 1.82) is 0 Å². The van der Waals surface area contributed by atoms with Crippen LogP contribution in [0.3, 0.4) is 0 Å². The first-order chi connectivity index (χ1) is 14.1. The van der Waals surface area contributed by atoms with Crippen LogP contribution in [0.4, 0.5) is 10.8 Å². The van der Waals surface area contributed by atoms with Gasteiger partial charge in [-0.15, -0.1) is 11.3 Å². The molecule has 3 aromatic rings. The third-order valence-corrected chi connectivity index (χ3v) is 6.33. The number of carbonyl (C=O) groups excluding carboxylic acids is 1. The van der Waals surface area contributed by atoms with Crippen molar-refractivity contribution in [2.75, 3.05) is 16.6 Å². The normalized spacial score (nSPS) is 11.7. The van der Waals surface area contributed by atoms with Crippen LogP contribution in [0.15, 0.2) is 65.0 Å². The summed E-state index contributed by atoms with van der Waals surface area (Å²) >= 11 is 1.19. The zero-order valence-corrected chi connectivity index (χ0v) is 18.5. The monoisotopic (exact) mass is 445 g/mol. The fourth-order valence-corrected chi connectivity index (χ4v) is 4.51. The van der Waals surface area contributed by atoms with Gasteiger partial charge in [0.1, 0.15) is 5.75 Å². The van der Waals surface area contributed by atoms with E-state index in [1.54, 1.807) is 5.38 Å². The molecule has 0 spiro atoms. The Morgan fingerprint density at radius 2 is 1.80 bits per heavy atom. The number of sulfonamides is 1. The summed E-state index contributed by atoms with van der Waals surface area (Å²) in [6.45, 7) is 6.08. The maximum Gasteiger partial charge on any atom is 0.263 e. The van der Waals surface area contributed by atoms with Crippen molar-refractivity contribution in [3.8, 4) is 5.75 Å². The van der Waals surface area contributed by atoms with Gasteiger partial charge in [-0.1, -0.05) is 39.0 Å². The predicted molar refractivity (Wildman–Crippen MR) is 119 cm³/mol. The summed E-state index contributed by atoms with van der Waals surface area (Å²) in [6, 6.07) is 13.5. The molecule has 9 heteroatoms. The summed E-state index contributed by atoms with van der Waals surface area (Å²) in [6.07, 6.45) is 1.52. The van der Waals surface area contributed by atoms with Crippen LogP contribution < -0.4 is 14.8 Å². The van der Waals surface area contributed by atoms with E-state index < -0.39 is 10.0 Å². The van der Waals surface area contributed by atoms with Crippen molar-refractivity contribution in [1.82, 2.24) is 4.98 Å². The fourth-order valence-electron chi connectivity index (χ4n) is 2.72. The van der Waals surface area contributed by atoms with Crippen LogP contribution in [-0.2, 0) is 20.2 Å². The second kappa shape index (κ2) is 8.85. The average molecular weight is 446 g/mol. The van der Waals surface area contributed by atoms with Gasteiger partial charge in [-0.05, 0) is 41.3 Å². The Labute approximate surface area is 180 Å². The number of nitrogens with zero attached hydrogens (tertiary/aromatic N) is 1. The van der Waals surface area contributed by atoms with Gasteiger partial charge in [-0.2, -0.15) is 0 Å². The Kier molecular flexibility index (Phi) is 6.42. The number of ether oxygens (including phenoxy) is 1. The zero-order valence-electron chi connectivity index (χ0n) is 16.9. The van der Waals surface area contributed by atoms with E-state index in [0.717, 1.165) is 5.56 Å². The van der Waals surface area contributed by atoms with Gasteiger partial charge in [0.25, 0.3) is 15.9 Å². The molecule has 0 fully saturated rings. The summed E-state index contributed by atoms with van der Waals surface area (Å²) in [7, 11) is -3.73. The second-order valence-corrected chi connectivity index (χ2v) is 10.1. The lowest BCUT2D eigenvalue weighted by Crippen LogP contribution is -2.22. The molecule has 0 atom stereocenters. The quantitative estimate of drug-likeness (QED) is 0.566. The Morgan fingerprint density at radius 1 is 1.10 bits per heavy atom. The second-order valence-electron chi connectivity index (χ2n) is 7.55. The number of aromatic nitrogens is 1. The average Bonchev–Trinajstić information content (AvgIpc) is 3.18. The summed E-state index contributed by atoms with van der Waals surface area (Å²) < 4.78 is 32.8. The van der Waals surface area contributed by atoms with Gasteiger partial charge >= 0.3 is 0 Å². The summed E-state index contributed by atoms with van der Waals surface area (Å²) in [5, 5.41) is 4.68. The third-order valence-electron chi connectivity index (χ3n) is 4.16. The van der Waals surface area contributed by atoms with Crippen molar-refractivity contribution < 1.29 is 17.9 Å². The number of hydrogen-bond donors (Lipinski definition) is 2. The van der Waals surface area contributed by atoms with Crippen LogP contribution in [-0.4, -0.2) is 25.9 Å². The van der Waals surface area contributed by atoms with Gasteiger partial charge in [-0.25, -0.2) is 13.4 Å². The van der Waals surface area contributed by atoms with Gasteiger partial charge in [0, 0.05) is 17.3 Å². The van der Waals surface area contributed by atoms with Gasteiger partial charge in [-0.3, -0.25) is 9.52 Å². The standard InChI is InChI=1S/C21H23N3O4S2/c1-21(2,3)17-6-4-5-7-18(17)28-14-19(25)23-15-8-10-16(11-9-15)30(26,27)24-20-22-12-13-29-20/h4-13H,14H2,1-3H3,(H,22,24)(H,23,25). The molecular weight excluding hydrogens is 422 g/mol. The lowest BCUT2D eigenvalue weighted by atomic mass is 9.86. The highest BCUT2D eigenvalue weighted by atomic mass is 32.2. The largest absolute Gasteiger partial charge is 0.483 e. The minimum atomic E-state index is -3.73. The number of thiazole rings is 1. The molecule has 0 saturated heterocycles. The van der Waals surface area contributed by atoms with E-state index in [0.29, 0.717) is 16.6 Å². The summed E-state index contributed by atoms with van der Waals surface area (Å²) in [5.41, 5.74) is 1.38. The van der Waals surface area contributed by atoms with E-state index in [1.807, 2.05) is 24.3 Å². The highest BCUT2D eigenvalue weighted by Gasteiger charge is 2.19. The molecule has 1 aromatic heterocycles. The van der Waals surface area contributed by atoms with Crippen LogP contribution in [0.5, 0.6) is 5.75 Å². The Balaban J connectivity index is 1.60. The molecule has 2 N–H and O–H groups in total. The highest BCUT2D eigenvalue weighted by molar-refractivity contribution is 7.93. The van der Waals surface area contributed by atoms with Crippen molar-refractivity contribution in [2.24, 2.45) is 0 Å². The fraction of sp³-hybridized carbons (Fsp3) is 0.238. The van der Waals surface area contributed by atoms with Gasteiger partial charge < -0.3 is 10.1 Å². The van der Waals surface area contributed by atoms with E-state index in [-0.39, 0.29) is 22.8 Å². The number of nitrogens with one attached hydrogen (secondary N) is 2. The molecule has 2 aromatic carbocycles. The lowest BCUT2D eigenvalue weighted by Gasteiger charge is -2.22. The smallest absolute Gasteiger partial charge is 0.263 e. The van der Waals surface area contributed by atoms with Crippen LogP contribution in [0.1, 0.15) is 26.3 Å². The molecule has 30 heavy (non-hydrogen) atoms. The summed E-state index contributed by atoms with van der Waals surface area (Å²) in [5.74, 6) is 0.324. The van der Waals surface area contributed by atoms with E-state index in [4.69, 9.17) is 4.74 Å². The van der Waals surface area contributed by atoms with E-state index >= 15 is 0 Å². The molecule has 0 unspecified atom stereocenters. The molecule has 7 nitrogen and oxygen atoms in total. The van der Waals surface area contributed by atoms with Crippen molar-refractivity contribution in [2.45, 2.75) is 31.1 Å². The topological polar surface area (TPSA) is 97.4 Å². The minimum absolute atomic E-state index is 0.0750. The molecule has 0 bridgehead atoms. The van der Waals surface area contributed by atoms with Crippen molar-refractivity contribution >= 4 is 38.1 Å². The number of para-hydroxylation sites is 1. The molecule has 0 saturated carbocycles. The number of anilines is 2. The molecule has 0 aliphatic rings. The number of amides is 1. The van der Waals surface area contributed by atoms with Crippen molar-refractivity contribution in [3.63, 3.8) is 0 Å². The SMILES string of the molecule is CC(C)(C)c1ccccc1OCC(=O)Nc1ccc(S(=O)(=O)Nc2nccs2)cc1. The molecule has 3 rings (SSSR count). The van der Waals surface area contributed by atoms with E-state index in [2.05, 4.69) is 35.8 Å². The zero-order chi connectivity index (χ0) is 21.8. The molecule has 158 valence electrons. The third kappa shape index (κ3) is 5.58. The van der Waals surface area contributed by atoms with Crippen LogP contribution >= 0.6 is 11.3 Å². The van der Waals surface area contributed by atoms with E-state index in [1.165, 1.54) is 41.8 Å². The highest BCUT2D eigenvalue weighted by Crippen LogP contribution is 2.30. The first kappa shape index (κ1) is 21.8. The van der Waals surface area contributed by atoms with Crippen LogP contribution in [0.2, 0.25) is 0 Å². The first-order valence-electron chi connectivity index (χ1n) is 9.20. The molecule has 0 radical (unpaired) electrons. The molecule has 0 aliphatic heterocycles. The molecular formula is C21H23N3O4S2. The first-order valence-corrected chi connectivity index (χ1v) is 11.6. The van der Waals surface area contributed by atoms with Gasteiger partial charge in [0.15, 0.2) is 11.7 Å². The number of carbonyl (C=O) groups is 1. The van der Waals surface area contributed by atoms with Crippen molar-refractivity contribution in [3.05, 3.63) is 65.7 Å². The van der Waals surface area contributed by atoms with Gasteiger partial charge in [0.05, 0.1) is 4.90 Å². The maximum atomic E-state index is 12.4. The molecule has 1 amide bonds. The number of hydrogen-bond acceptors (Lipinski definition) is 6. The number of benzene rings is 2. The number of rotatable bonds is 7. The minimum Gasteiger partial charge on any atom is -0.483 e. The Bertz CT molecular complexity index is 1100. The molecule has 0 aliphatic carbocycles. The van der Waals surface area contributed by atoms with E-state index in [9.17, 15) is 13.2 Å². The summed E-state index contributed by atoms with van der Waals surface area (Å²) in [4.78, 5) is 16.2.